The highest BCUT2D eigenvalue weighted by Gasteiger charge is 2.25. The minimum atomic E-state index is 0.171. The zero-order valence-electron chi connectivity index (χ0n) is 37.5. The number of hydrogen-bond donors (Lipinski definition) is 0. The Morgan fingerprint density at radius 2 is 0.609 bits per heavy atom. The van der Waals surface area contributed by atoms with Gasteiger partial charge in [-0.2, -0.15) is 0 Å². The molecule has 0 aliphatic heterocycles. The van der Waals surface area contributed by atoms with Gasteiger partial charge in [-0.15, -0.1) is 10.9 Å². The average Bonchev–Trinajstić information content (AvgIpc) is 3.94. The van der Waals surface area contributed by atoms with Gasteiger partial charge >= 0.3 is 0 Å². The summed E-state index contributed by atoms with van der Waals surface area (Å²) in [5.41, 5.74) is 17.1. The molecular formula is C60H33B7N2. The Morgan fingerprint density at radius 3 is 1.14 bits per heavy atom. The molecule has 0 N–H and O–H groups in total. The van der Waals surface area contributed by atoms with Gasteiger partial charge in [-0.1, -0.05) is 173 Å². The first-order valence-electron chi connectivity index (χ1n) is 22.8. The minimum absolute atomic E-state index is 0.171. The van der Waals surface area contributed by atoms with E-state index in [0.717, 1.165) is 83.3 Å². The lowest BCUT2D eigenvalue weighted by Gasteiger charge is -2.19. The fourth-order valence-electron chi connectivity index (χ4n) is 10.3. The molecule has 0 saturated heterocycles. The third-order valence-electron chi connectivity index (χ3n) is 13.7. The van der Waals surface area contributed by atoms with Gasteiger partial charge in [0.15, 0.2) is 0 Å². The van der Waals surface area contributed by atoms with Crippen LogP contribution in [0.3, 0.4) is 0 Å². The normalized spacial score (nSPS) is 11.6. The number of nitrogens with zero attached hydrogens (tertiary/aromatic N) is 2. The van der Waals surface area contributed by atoms with E-state index in [-0.39, 0.29) is 21.9 Å². The molecule has 69 heavy (non-hydrogen) atoms. The van der Waals surface area contributed by atoms with Gasteiger partial charge in [-0.3, -0.25) is 0 Å². The Bertz CT molecular complexity index is 3990. The molecule has 304 valence electrons. The van der Waals surface area contributed by atoms with Crippen LogP contribution in [0.25, 0.3) is 111 Å². The topological polar surface area (TPSA) is 9.86 Å². The first-order valence-corrected chi connectivity index (χ1v) is 22.8. The predicted molar refractivity (Wildman–Crippen MR) is 300 cm³/mol. The third kappa shape index (κ3) is 6.89. The average molecular weight is 858 g/mol. The number of rotatable bonds is 7. The molecule has 14 radical (unpaired) electrons. The summed E-state index contributed by atoms with van der Waals surface area (Å²) in [6.07, 6.45) is 0. The van der Waals surface area contributed by atoms with E-state index in [0.29, 0.717) is 43.8 Å². The Hall–Kier alpha value is -7.75. The Morgan fingerprint density at radius 1 is 0.246 bits per heavy atom. The number of benzene rings is 10. The van der Waals surface area contributed by atoms with Crippen LogP contribution < -0.4 is 38.2 Å². The van der Waals surface area contributed by atoms with Gasteiger partial charge in [0.25, 0.3) is 0 Å². The molecular weight excluding hydrogens is 824 g/mol. The molecule has 12 rings (SSSR count). The molecule has 0 atom stereocenters. The van der Waals surface area contributed by atoms with Crippen molar-refractivity contribution in [2.45, 2.75) is 0 Å². The van der Waals surface area contributed by atoms with E-state index < -0.39 is 0 Å². The fraction of sp³-hybridized carbons (Fsp3) is 0. The maximum Gasteiger partial charge on any atom is 0.115 e. The smallest absolute Gasteiger partial charge is 0.115 e. The van der Waals surface area contributed by atoms with Crippen LogP contribution in [0.5, 0.6) is 0 Å². The van der Waals surface area contributed by atoms with Crippen molar-refractivity contribution >= 4 is 137 Å². The molecule has 0 amide bonds. The molecule has 10 aromatic carbocycles. The second-order valence-corrected chi connectivity index (χ2v) is 17.6. The standard InChI is InChI=1S/C60H33B7N2/c61-52-49(42-24-30-48-46(33-42)45-32-41(36-15-8-3-9-16-36)23-29-47(45)68(48)43-25-19-37(20-26-43)34-11-4-1-5-12-34)53(62)57(66)59-50(52)51-54(63)55(64)56(65)58(67)60(51)69(59)44-27-21-38(22-28-44)40-18-10-17-39(31-40)35-13-6-2-7-14-35/h1-33H. The lowest BCUT2D eigenvalue weighted by molar-refractivity contribution is 1.18. The van der Waals surface area contributed by atoms with Crippen LogP contribution in [0.15, 0.2) is 200 Å². The van der Waals surface area contributed by atoms with E-state index in [1.165, 1.54) is 0 Å². The van der Waals surface area contributed by atoms with Crippen molar-refractivity contribution in [3.05, 3.63) is 200 Å². The van der Waals surface area contributed by atoms with Crippen LogP contribution in [-0.2, 0) is 0 Å². The molecule has 0 saturated carbocycles. The van der Waals surface area contributed by atoms with E-state index in [9.17, 15) is 0 Å². The van der Waals surface area contributed by atoms with Gasteiger partial charge in [0.2, 0.25) is 0 Å². The van der Waals surface area contributed by atoms with Gasteiger partial charge in [-0.05, 0) is 116 Å². The van der Waals surface area contributed by atoms with E-state index in [1.54, 1.807) is 0 Å². The van der Waals surface area contributed by atoms with Crippen molar-refractivity contribution in [3.8, 4) is 67.0 Å². The first kappa shape index (κ1) is 42.6. The lowest BCUT2D eigenvalue weighted by atomic mass is 9.64. The Balaban J connectivity index is 1.06. The van der Waals surface area contributed by atoms with Crippen LogP contribution in [0.2, 0.25) is 0 Å². The van der Waals surface area contributed by atoms with Crippen molar-refractivity contribution in [2.75, 3.05) is 0 Å². The summed E-state index contributed by atoms with van der Waals surface area (Å²) < 4.78 is 4.25. The van der Waals surface area contributed by atoms with Gasteiger partial charge in [0, 0.05) is 38.6 Å². The minimum Gasteiger partial charge on any atom is -0.311 e. The number of aromatic nitrogens is 2. The van der Waals surface area contributed by atoms with Crippen LogP contribution in [0.1, 0.15) is 0 Å². The van der Waals surface area contributed by atoms with Crippen LogP contribution >= 0.6 is 0 Å². The fourth-order valence-corrected chi connectivity index (χ4v) is 10.3. The summed E-state index contributed by atoms with van der Waals surface area (Å²) in [6, 6.07) is 69.4. The van der Waals surface area contributed by atoms with Gasteiger partial charge in [0.1, 0.15) is 54.9 Å². The van der Waals surface area contributed by atoms with Crippen LogP contribution in [0, 0.1) is 0 Å². The molecule has 0 aliphatic carbocycles. The number of fused-ring (bicyclic) bond motifs is 6. The van der Waals surface area contributed by atoms with E-state index >= 15 is 0 Å². The quantitative estimate of drug-likeness (QED) is 0.145. The summed E-state index contributed by atoms with van der Waals surface area (Å²) in [5.74, 6) is 0. The molecule has 12 aromatic rings. The Kier molecular flexibility index (Phi) is 10.4. The summed E-state index contributed by atoms with van der Waals surface area (Å²) in [5, 5.41) is 3.21. The molecule has 0 unspecified atom stereocenters. The second-order valence-electron chi connectivity index (χ2n) is 17.6. The van der Waals surface area contributed by atoms with Crippen molar-refractivity contribution in [3.63, 3.8) is 0 Å². The summed E-state index contributed by atoms with van der Waals surface area (Å²) in [7, 11) is 49.0. The summed E-state index contributed by atoms with van der Waals surface area (Å²) >= 11 is 0. The molecule has 0 spiro atoms. The van der Waals surface area contributed by atoms with E-state index in [1.807, 2.05) is 47.0 Å². The molecule has 2 nitrogen and oxygen atoms in total. The highest BCUT2D eigenvalue weighted by Crippen LogP contribution is 2.38. The van der Waals surface area contributed by atoms with E-state index in [2.05, 4.69) is 162 Å². The maximum absolute atomic E-state index is 7.44. The van der Waals surface area contributed by atoms with Crippen molar-refractivity contribution in [2.24, 2.45) is 0 Å². The Labute approximate surface area is 410 Å². The zero-order chi connectivity index (χ0) is 47.1. The number of hydrogen-bond acceptors (Lipinski definition) is 0. The summed E-state index contributed by atoms with van der Waals surface area (Å²) in [4.78, 5) is 0. The molecule has 0 bridgehead atoms. The van der Waals surface area contributed by atoms with Gasteiger partial charge < -0.3 is 9.13 Å². The molecule has 2 aromatic heterocycles. The highest BCUT2D eigenvalue weighted by atomic mass is 15.0. The lowest BCUT2D eigenvalue weighted by Crippen LogP contribution is -2.48. The third-order valence-corrected chi connectivity index (χ3v) is 13.7. The van der Waals surface area contributed by atoms with Gasteiger partial charge in [0.05, 0.1) is 11.0 Å². The monoisotopic (exact) mass is 858 g/mol. The molecule has 0 aliphatic rings. The summed E-state index contributed by atoms with van der Waals surface area (Å²) in [6.45, 7) is 0. The van der Waals surface area contributed by atoms with Crippen molar-refractivity contribution < 1.29 is 0 Å². The molecule has 0 fully saturated rings. The largest absolute Gasteiger partial charge is 0.311 e. The predicted octanol–water partition coefficient (Wildman–Crippen LogP) is 7.77. The first-order chi connectivity index (χ1) is 33.7. The SMILES string of the molecule is [B]c1c([B])c([B])c2c(c1[B])c1c([B])c(-c3ccc4c(c3)c3cc(-c5ccccc5)ccc3n4-c3ccc(-c4ccccc4)cc3)c([B])c([B])c1n2-c1ccc(-c2cccc(-c3ccccc3)c2)cc1. The van der Waals surface area contributed by atoms with Gasteiger partial charge in [-0.25, -0.2) is 0 Å². The van der Waals surface area contributed by atoms with E-state index in [4.69, 9.17) is 54.9 Å². The molecule has 9 heteroatoms. The molecule has 2 heterocycles. The zero-order valence-corrected chi connectivity index (χ0v) is 37.5. The second kappa shape index (κ2) is 16.8. The van der Waals surface area contributed by atoms with Crippen molar-refractivity contribution in [1.82, 2.24) is 9.13 Å². The van der Waals surface area contributed by atoms with Crippen molar-refractivity contribution in [1.29, 1.82) is 0 Å². The maximum atomic E-state index is 7.44. The highest BCUT2D eigenvalue weighted by molar-refractivity contribution is 6.69. The van der Waals surface area contributed by atoms with Crippen LogP contribution in [-0.4, -0.2) is 64.1 Å². The van der Waals surface area contributed by atoms with Crippen LogP contribution in [0.4, 0.5) is 0 Å².